The van der Waals surface area contributed by atoms with Gasteiger partial charge in [0.2, 0.25) is 0 Å². The Balaban J connectivity index is 4.30. The molecule has 2 unspecified atom stereocenters. The summed E-state index contributed by atoms with van der Waals surface area (Å²) < 4.78 is 0. The van der Waals surface area contributed by atoms with Crippen LogP contribution in [0.3, 0.4) is 0 Å². The first kappa shape index (κ1) is 26.9. The van der Waals surface area contributed by atoms with E-state index in [4.69, 9.17) is 0 Å². The van der Waals surface area contributed by atoms with Gasteiger partial charge < -0.3 is 4.90 Å². The topological polar surface area (TPSA) is 9.72 Å². The summed E-state index contributed by atoms with van der Waals surface area (Å²) in [6.07, 6.45) is 6.58. The predicted molar refractivity (Wildman–Crippen MR) is 124 cm³/mol. The Labute approximate surface area is 172 Å². The van der Waals surface area contributed by atoms with Crippen LogP contribution in [0.15, 0.2) is 0 Å². The lowest BCUT2D eigenvalue weighted by Gasteiger charge is -2.35. The van der Waals surface area contributed by atoms with Crippen molar-refractivity contribution in [3.8, 4) is 0 Å². The Morgan fingerprint density at radius 2 is 0.926 bits per heavy atom. The van der Waals surface area contributed by atoms with Crippen LogP contribution in [0.25, 0.3) is 0 Å². The van der Waals surface area contributed by atoms with Crippen LogP contribution in [0.4, 0.5) is 0 Å². The first-order valence-corrected chi connectivity index (χ1v) is 11.7. The minimum atomic E-state index is 0.636. The molecule has 0 amide bonds. The fraction of sp³-hybridized carbons (Fsp3) is 1.00. The number of nitrogens with zero attached hydrogens (tertiary/aromatic N) is 3. The molecule has 0 aromatic heterocycles. The zero-order valence-electron chi connectivity index (χ0n) is 20.8. The Hall–Kier alpha value is -0.120. The van der Waals surface area contributed by atoms with Gasteiger partial charge in [-0.2, -0.15) is 0 Å². The van der Waals surface area contributed by atoms with Gasteiger partial charge in [-0.05, 0) is 115 Å². The van der Waals surface area contributed by atoms with Crippen molar-refractivity contribution in [3.05, 3.63) is 0 Å². The maximum Gasteiger partial charge on any atom is 0.00696 e. The average molecular weight is 384 g/mol. The molecule has 3 nitrogen and oxygen atoms in total. The standard InChI is InChI=1S/C24H53N3/c1-19(2)25(11)23(9)16-14-18-27(22(7)8)24(10)15-12-13-17-26(20(3)4)21(5)6/h19-24H,12-18H2,1-11H3. The summed E-state index contributed by atoms with van der Waals surface area (Å²) in [7, 11) is 2.26. The maximum absolute atomic E-state index is 2.73. The molecule has 0 aromatic rings. The van der Waals surface area contributed by atoms with Gasteiger partial charge in [0, 0.05) is 36.3 Å². The summed E-state index contributed by atoms with van der Waals surface area (Å²) in [6.45, 7) is 25.9. The molecule has 0 saturated heterocycles. The first-order chi connectivity index (χ1) is 12.5. The van der Waals surface area contributed by atoms with Crippen molar-refractivity contribution in [2.24, 2.45) is 0 Å². The molecule has 0 radical (unpaired) electrons. The van der Waals surface area contributed by atoms with E-state index in [0.717, 1.165) is 0 Å². The van der Waals surface area contributed by atoms with Crippen molar-refractivity contribution < 1.29 is 0 Å². The number of hydrogen-bond acceptors (Lipinski definition) is 3. The van der Waals surface area contributed by atoms with Gasteiger partial charge in [0.05, 0.1) is 0 Å². The average Bonchev–Trinajstić information content (AvgIpc) is 2.56. The van der Waals surface area contributed by atoms with Gasteiger partial charge in [0.25, 0.3) is 0 Å². The minimum Gasteiger partial charge on any atom is -0.301 e. The zero-order valence-corrected chi connectivity index (χ0v) is 20.8. The Bertz CT molecular complexity index is 344. The molecule has 0 saturated carbocycles. The Kier molecular flexibility index (Phi) is 13.9. The Morgan fingerprint density at radius 1 is 0.481 bits per heavy atom. The summed E-state index contributed by atoms with van der Waals surface area (Å²) in [6, 6.07) is 3.94. The SMILES string of the molecule is CC(C)N(C)C(C)CCCN(C(C)C)C(C)CCCCN(C(C)C)C(C)C. The van der Waals surface area contributed by atoms with E-state index in [-0.39, 0.29) is 0 Å². The van der Waals surface area contributed by atoms with E-state index in [9.17, 15) is 0 Å². The zero-order chi connectivity index (χ0) is 21.1. The predicted octanol–water partition coefficient (Wildman–Crippen LogP) is 5.88. The van der Waals surface area contributed by atoms with Crippen molar-refractivity contribution in [2.75, 3.05) is 20.1 Å². The van der Waals surface area contributed by atoms with Crippen LogP contribution in [0.2, 0.25) is 0 Å². The van der Waals surface area contributed by atoms with E-state index in [1.54, 1.807) is 0 Å². The highest BCUT2D eigenvalue weighted by Crippen LogP contribution is 2.16. The maximum atomic E-state index is 2.73. The second kappa shape index (κ2) is 14.0. The van der Waals surface area contributed by atoms with Gasteiger partial charge in [0.15, 0.2) is 0 Å². The van der Waals surface area contributed by atoms with Crippen molar-refractivity contribution >= 4 is 0 Å². The van der Waals surface area contributed by atoms with Gasteiger partial charge in [0.1, 0.15) is 0 Å². The van der Waals surface area contributed by atoms with Crippen LogP contribution in [0, 0.1) is 0 Å². The molecule has 0 N–H and O–H groups in total. The summed E-state index contributed by atoms with van der Waals surface area (Å²) >= 11 is 0. The highest BCUT2D eigenvalue weighted by atomic mass is 15.2. The normalized spacial score (nSPS) is 15.3. The van der Waals surface area contributed by atoms with Crippen LogP contribution in [-0.4, -0.2) is 71.1 Å². The van der Waals surface area contributed by atoms with Crippen LogP contribution in [0.5, 0.6) is 0 Å². The highest BCUT2D eigenvalue weighted by Gasteiger charge is 2.19. The monoisotopic (exact) mass is 383 g/mol. The molecule has 0 aliphatic carbocycles. The molecule has 3 heteroatoms. The fourth-order valence-electron chi connectivity index (χ4n) is 4.28. The molecule has 0 rings (SSSR count). The summed E-state index contributed by atoms with van der Waals surface area (Å²) in [5, 5.41) is 0. The first-order valence-electron chi connectivity index (χ1n) is 11.7. The third-order valence-electron chi connectivity index (χ3n) is 6.39. The van der Waals surface area contributed by atoms with E-state index in [1.165, 1.54) is 45.2 Å². The van der Waals surface area contributed by atoms with Crippen molar-refractivity contribution in [2.45, 2.75) is 138 Å². The van der Waals surface area contributed by atoms with Crippen molar-refractivity contribution in [1.82, 2.24) is 14.7 Å². The molecular weight excluding hydrogens is 330 g/mol. The molecule has 0 bridgehead atoms. The molecule has 0 heterocycles. The molecule has 164 valence electrons. The van der Waals surface area contributed by atoms with E-state index < -0.39 is 0 Å². The smallest absolute Gasteiger partial charge is 0.00696 e. The van der Waals surface area contributed by atoms with Crippen LogP contribution in [-0.2, 0) is 0 Å². The van der Waals surface area contributed by atoms with Gasteiger partial charge in [-0.3, -0.25) is 9.80 Å². The molecule has 0 fully saturated rings. The lowest BCUT2D eigenvalue weighted by molar-refractivity contribution is 0.134. The highest BCUT2D eigenvalue weighted by molar-refractivity contribution is 4.74. The minimum absolute atomic E-state index is 0.636. The van der Waals surface area contributed by atoms with E-state index in [2.05, 4.69) is 91.0 Å². The summed E-state index contributed by atoms with van der Waals surface area (Å²) in [5.74, 6) is 0. The number of hydrogen-bond donors (Lipinski definition) is 0. The quantitative estimate of drug-likeness (QED) is 0.327. The molecule has 27 heavy (non-hydrogen) atoms. The third kappa shape index (κ3) is 10.9. The molecule has 2 atom stereocenters. The van der Waals surface area contributed by atoms with E-state index >= 15 is 0 Å². The van der Waals surface area contributed by atoms with Crippen LogP contribution in [0.1, 0.15) is 101 Å². The lowest BCUT2D eigenvalue weighted by atomic mass is 10.0. The summed E-state index contributed by atoms with van der Waals surface area (Å²) in [4.78, 5) is 7.85. The van der Waals surface area contributed by atoms with Crippen LogP contribution < -0.4 is 0 Å². The second-order valence-electron chi connectivity index (χ2n) is 9.85. The number of rotatable bonds is 15. The third-order valence-corrected chi connectivity index (χ3v) is 6.39. The lowest BCUT2D eigenvalue weighted by Crippen LogP contribution is -2.41. The van der Waals surface area contributed by atoms with Crippen molar-refractivity contribution in [3.63, 3.8) is 0 Å². The number of unbranched alkanes of at least 4 members (excludes halogenated alkanes) is 1. The fourth-order valence-corrected chi connectivity index (χ4v) is 4.28. The van der Waals surface area contributed by atoms with Gasteiger partial charge in [-0.15, -0.1) is 0 Å². The van der Waals surface area contributed by atoms with Gasteiger partial charge in [-0.1, -0.05) is 6.42 Å². The second-order valence-corrected chi connectivity index (χ2v) is 9.85. The van der Waals surface area contributed by atoms with Crippen LogP contribution >= 0.6 is 0 Å². The molecule has 0 aliphatic heterocycles. The molecular formula is C24H53N3. The summed E-state index contributed by atoms with van der Waals surface area (Å²) in [5.41, 5.74) is 0. The van der Waals surface area contributed by atoms with Crippen molar-refractivity contribution in [1.29, 1.82) is 0 Å². The van der Waals surface area contributed by atoms with Gasteiger partial charge in [-0.25, -0.2) is 0 Å². The molecule has 0 spiro atoms. The largest absolute Gasteiger partial charge is 0.301 e. The Morgan fingerprint density at radius 3 is 1.37 bits per heavy atom. The van der Waals surface area contributed by atoms with E-state index in [1.807, 2.05) is 0 Å². The molecule has 0 aromatic carbocycles. The van der Waals surface area contributed by atoms with Gasteiger partial charge >= 0.3 is 0 Å². The van der Waals surface area contributed by atoms with E-state index in [0.29, 0.717) is 36.3 Å². The molecule has 0 aliphatic rings.